The van der Waals surface area contributed by atoms with E-state index in [0.29, 0.717) is 31.5 Å². The second-order valence-electron chi connectivity index (χ2n) is 10.3. The molecule has 0 radical (unpaired) electrons. The average Bonchev–Trinajstić information content (AvgIpc) is 2.77. The van der Waals surface area contributed by atoms with E-state index in [1.807, 2.05) is 83.1 Å². The highest BCUT2D eigenvalue weighted by Gasteiger charge is 2.30. The molecule has 0 aliphatic heterocycles. The maximum atomic E-state index is 13.4. The Morgan fingerprint density at radius 1 is 1.00 bits per heavy atom. The molecule has 0 aromatic heterocycles. The molecule has 2 aromatic rings. The van der Waals surface area contributed by atoms with E-state index in [1.165, 1.54) is 10.6 Å². The number of aryl methyl sites for hydroxylation is 1. The molecule has 0 aliphatic rings. The minimum atomic E-state index is -3.51. The zero-order valence-electron chi connectivity index (χ0n) is 22.5. The number of nitrogens with one attached hydrogen (secondary N) is 1. The van der Waals surface area contributed by atoms with Crippen molar-refractivity contribution in [1.82, 2.24) is 10.2 Å². The van der Waals surface area contributed by atoms with E-state index < -0.39 is 21.6 Å². The lowest BCUT2D eigenvalue weighted by atomic mass is 10.0. The molecule has 0 fully saturated rings. The van der Waals surface area contributed by atoms with E-state index >= 15 is 0 Å². The van der Waals surface area contributed by atoms with Crippen LogP contribution >= 0.6 is 0 Å². The van der Waals surface area contributed by atoms with Crippen molar-refractivity contribution in [2.24, 2.45) is 0 Å². The molecule has 0 bridgehead atoms. The van der Waals surface area contributed by atoms with Crippen molar-refractivity contribution in [3.63, 3.8) is 0 Å². The van der Waals surface area contributed by atoms with E-state index in [2.05, 4.69) is 5.32 Å². The topological polar surface area (TPSA) is 86.8 Å². The third-order valence-electron chi connectivity index (χ3n) is 5.81. The van der Waals surface area contributed by atoms with Gasteiger partial charge in [-0.25, -0.2) is 8.42 Å². The van der Waals surface area contributed by atoms with Crippen LogP contribution in [0.1, 0.15) is 58.1 Å². The smallest absolute Gasteiger partial charge is 0.243 e. The fourth-order valence-corrected chi connectivity index (χ4v) is 5.09. The molecule has 8 heteroatoms. The number of nitrogens with zero attached hydrogens (tertiary/aromatic N) is 2. The first-order valence-electron chi connectivity index (χ1n) is 12.5. The third-order valence-corrected chi connectivity index (χ3v) is 7.00. The van der Waals surface area contributed by atoms with Crippen LogP contribution in [0.15, 0.2) is 54.6 Å². The van der Waals surface area contributed by atoms with Gasteiger partial charge in [-0.3, -0.25) is 13.9 Å². The molecule has 36 heavy (non-hydrogen) atoms. The van der Waals surface area contributed by atoms with Gasteiger partial charge in [-0.15, -0.1) is 0 Å². The molecule has 0 saturated carbocycles. The molecule has 2 amide bonds. The zero-order chi connectivity index (χ0) is 26.9. The summed E-state index contributed by atoms with van der Waals surface area (Å²) in [4.78, 5) is 28.2. The van der Waals surface area contributed by atoms with E-state index in [-0.39, 0.29) is 24.8 Å². The molecule has 1 unspecified atom stereocenters. The summed E-state index contributed by atoms with van der Waals surface area (Å²) in [6.07, 6.45) is 2.78. The van der Waals surface area contributed by atoms with Gasteiger partial charge in [-0.2, -0.15) is 0 Å². The first-order valence-corrected chi connectivity index (χ1v) is 14.4. The maximum absolute atomic E-state index is 13.4. The molecular formula is C28H41N3O4S. The Bertz CT molecular complexity index is 1110. The summed E-state index contributed by atoms with van der Waals surface area (Å²) in [5.41, 5.74) is 2.22. The van der Waals surface area contributed by atoms with Crippen molar-refractivity contribution in [2.45, 2.75) is 71.9 Å². The van der Waals surface area contributed by atoms with Gasteiger partial charge in [0.15, 0.2) is 0 Å². The lowest BCUT2D eigenvalue weighted by Gasteiger charge is -2.33. The Hall–Kier alpha value is -2.87. The summed E-state index contributed by atoms with van der Waals surface area (Å²) < 4.78 is 26.3. The molecular weight excluding hydrogens is 474 g/mol. The Morgan fingerprint density at radius 3 is 2.22 bits per heavy atom. The summed E-state index contributed by atoms with van der Waals surface area (Å²) in [7, 11) is -3.51. The lowest BCUT2D eigenvalue weighted by molar-refractivity contribution is -0.141. The third kappa shape index (κ3) is 9.30. The highest BCUT2D eigenvalue weighted by Crippen LogP contribution is 2.20. The SMILES string of the molecule is CCC(C(=O)NC(C)(C)C)N(CCc1ccccc1)C(=O)CCCN(c1cccc(C)c1)S(C)(=O)=O. The van der Waals surface area contributed by atoms with Crippen LogP contribution in [0.5, 0.6) is 0 Å². The van der Waals surface area contributed by atoms with Crippen molar-refractivity contribution in [3.8, 4) is 0 Å². The number of amides is 2. The zero-order valence-corrected chi connectivity index (χ0v) is 23.3. The molecule has 2 rings (SSSR count). The fraction of sp³-hybridized carbons (Fsp3) is 0.500. The van der Waals surface area contributed by atoms with E-state index in [9.17, 15) is 18.0 Å². The number of anilines is 1. The van der Waals surface area contributed by atoms with Gasteiger partial charge in [0.05, 0.1) is 11.9 Å². The van der Waals surface area contributed by atoms with Gasteiger partial charge in [0.25, 0.3) is 0 Å². The first-order chi connectivity index (χ1) is 16.8. The van der Waals surface area contributed by atoms with Crippen molar-refractivity contribution >= 4 is 27.5 Å². The van der Waals surface area contributed by atoms with E-state index in [0.717, 1.165) is 11.1 Å². The normalized spacial score (nSPS) is 12.6. The molecule has 1 atom stereocenters. The Morgan fingerprint density at radius 2 is 1.67 bits per heavy atom. The number of benzene rings is 2. The maximum Gasteiger partial charge on any atom is 0.243 e. The summed E-state index contributed by atoms with van der Waals surface area (Å²) in [6, 6.07) is 16.6. The first kappa shape index (κ1) is 29.4. The fourth-order valence-electron chi connectivity index (χ4n) is 4.14. The Balaban J connectivity index is 2.18. The van der Waals surface area contributed by atoms with E-state index in [4.69, 9.17) is 0 Å². The molecule has 2 aromatic carbocycles. The molecule has 7 nitrogen and oxygen atoms in total. The second kappa shape index (κ2) is 12.9. The summed E-state index contributed by atoms with van der Waals surface area (Å²) >= 11 is 0. The minimum Gasteiger partial charge on any atom is -0.350 e. The second-order valence-corrected chi connectivity index (χ2v) is 12.2. The summed E-state index contributed by atoms with van der Waals surface area (Å²) in [6.45, 7) is 10.2. The molecule has 0 aliphatic carbocycles. The van der Waals surface area contributed by atoms with Crippen LogP contribution in [0.2, 0.25) is 0 Å². The van der Waals surface area contributed by atoms with Crippen molar-refractivity contribution < 1.29 is 18.0 Å². The summed E-state index contributed by atoms with van der Waals surface area (Å²) in [5.74, 6) is -0.330. The minimum absolute atomic E-state index is 0.145. The summed E-state index contributed by atoms with van der Waals surface area (Å²) in [5, 5.41) is 3.00. The molecule has 1 N–H and O–H groups in total. The molecule has 0 spiro atoms. The van der Waals surface area contributed by atoms with E-state index in [1.54, 1.807) is 11.0 Å². The Kier molecular flexibility index (Phi) is 10.5. The highest BCUT2D eigenvalue weighted by atomic mass is 32.2. The van der Waals surface area contributed by atoms with Crippen molar-refractivity contribution in [2.75, 3.05) is 23.7 Å². The van der Waals surface area contributed by atoms with Crippen LogP contribution < -0.4 is 9.62 Å². The van der Waals surface area contributed by atoms with Gasteiger partial charge in [0.2, 0.25) is 21.8 Å². The van der Waals surface area contributed by atoms with Crippen LogP contribution in [-0.4, -0.2) is 56.1 Å². The van der Waals surface area contributed by atoms with Gasteiger partial charge in [-0.1, -0.05) is 49.4 Å². The predicted molar refractivity (Wildman–Crippen MR) is 146 cm³/mol. The monoisotopic (exact) mass is 515 g/mol. The van der Waals surface area contributed by atoms with Crippen LogP contribution in [0.3, 0.4) is 0 Å². The lowest BCUT2D eigenvalue weighted by Crippen LogP contribution is -2.54. The van der Waals surface area contributed by atoms with Gasteiger partial charge in [-0.05, 0) is 70.2 Å². The number of hydrogen-bond acceptors (Lipinski definition) is 4. The van der Waals surface area contributed by atoms with Crippen LogP contribution in [0.25, 0.3) is 0 Å². The quantitative estimate of drug-likeness (QED) is 0.456. The van der Waals surface area contributed by atoms with Crippen LogP contribution in [-0.2, 0) is 26.0 Å². The van der Waals surface area contributed by atoms with Crippen molar-refractivity contribution in [3.05, 3.63) is 65.7 Å². The largest absolute Gasteiger partial charge is 0.350 e. The molecule has 198 valence electrons. The van der Waals surface area contributed by atoms with Crippen molar-refractivity contribution in [1.29, 1.82) is 0 Å². The van der Waals surface area contributed by atoms with Crippen LogP contribution in [0.4, 0.5) is 5.69 Å². The number of sulfonamides is 1. The predicted octanol–water partition coefficient (Wildman–Crippen LogP) is 4.31. The van der Waals surface area contributed by atoms with Gasteiger partial charge >= 0.3 is 0 Å². The number of hydrogen-bond donors (Lipinski definition) is 1. The van der Waals surface area contributed by atoms with Gasteiger partial charge in [0, 0.05) is 25.0 Å². The van der Waals surface area contributed by atoms with Crippen LogP contribution in [0, 0.1) is 6.92 Å². The molecule has 0 saturated heterocycles. The highest BCUT2D eigenvalue weighted by molar-refractivity contribution is 7.92. The number of carbonyl (C=O) groups excluding carboxylic acids is 2. The molecule has 0 heterocycles. The number of rotatable bonds is 12. The number of carbonyl (C=O) groups is 2. The average molecular weight is 516 g/mol. The van der Waals surface area contributed by atoms with Gasteiger partial charge < -0.3 is 10.2 Å². The van der Waals surface area contributed by atoms with Gasteiger partial charge in [0.1, 0.15) is 6.04 Å². The standard InChI is InChI=1S/C28H41N3O4S/c1-7-25(27(33)29-28(3,4)5)30(20-18-23-14-9-8-10-15-23)26(32)17-12-19-31(36(6,34)35)24-16-11-13-22(2)21-24/h8-11,13-16,21,25H,7,12,17-20H2,1-6H3,(H,29,33). The Labute approximate surface area is 216 Å².